The van der Waals surface area contributed by atoms with Crippen LogP contribution < -0.4 is 4.89 Å². The van der Waals surface area contributed by atoms with Crippen LogP contribution in [-0.4, -0.2) is 28.7 Å². The SMILES string of the molecule is COCCONS(=O)(=O)c1cc(Br)sc1Br. The third kappa shape index (κ3) is 4.06. The monoisotopic (exact) mass is 393 g/mol. The van der Waals surface area contributed by atoms with Crippen LogP contribution in [0.5, 0.6) is 0 Å². The van der Waals surface area contributed by atoms with Crippen molar-refractivity contribution >= 4 is 53.2 Å². The van der Waals surface area contributed by atoms with E-state index in [0.717, 1.165) is 3.79 Å². The molecule has 1 N–H and O–H groups in total. The average Bonchev–Trinajstić information content (AvgIpc) is 2.53. The maximum atomic E-state index is 11.7. The fourth-order valence-corrected chi connectivity index (χ4v) is 5.44. The van der Waals surface area contributed by atoms with E-state index in [4.69, 9.17) is 9.57 Å². The molecule has 0 saturated heterocycles. The van der Waals surface area contributed by atoms with Gasteiger partial charge in [0.2, 0.25) is 0 Å². The van der Waals surface area contributed by atoms with Gasteiger partial charge in [-0.1, -0.05) is 4.89 Å². The van der Waals surface area contributed by atoms with Crippen molar-refractivity contribution in [3.8, 4) is 0 Å². The minimum atomic E-state index is -3.64. The summed E-state index contributed by atoms with van der Waals surface area (Å²) < 4.78 is 29.4. The third-order valence-electron chi connectivity index (χ3n) is 1.47. The Balaban J connectivity index is 2.67. The largest absolute Gasteiger partial charge is 0.382 e. The van der Waals surface area contributed by atoms with E-state index in [1.54, 1.807) is 0 Å². The highest BCUT2D eigenvalue weighted by Crippen LogP contribution is 2.34. The lowest BCUT2D eigenvalue weighted by Crippen LogP contribution is -2.25. The zero-order valence-corrected chi connectivity index (χ0v) is 13.0. The first-order chi connectivity index (χ1) is 7.47. The molecule has 1 aromatic rings. The number of hydrogen-bond acceptors (Lipinski definition) is 5. The number of ether oxygens (including phenoxy) is 1. The Morgan fingerprint density at radius 2 is 2.12 bits per heavy atom. The highest BCUT2D eigenvalue weighted by molar-refractivity contribution is 9.12. The van der Waals surface area contributed by atoms with Gasteiger partial charge in [-0.05, 0) is 37.9 Å². The zero-order valence-electron chi connectivity index (χ0n) is 8.20. The van der Waals surface area contributed by atoms with E-state index in [-0.39, 0.29) is 11.5 Å². The van der Waals surface area contributed by atoms with Crippen LogP contribution in [-0.2, 0) is 19.6 Å². The molecule has 0 saturated carbocycles. The minimum Gasteiger partial charge on any atom is -0.382 e. The average molecular weight is 395 g/mol. The highest BCUT2D eigenvalue weighted by Gasteiger charge is 2.20. The number of thiophene rings is 1. The quantitative estimate of drug-likeness (QED) is 0.592. The summed E-state index contributed by atoms with van der Waals surface area (Å²) in [6, 6.07) is 1.50. The maximum absolute atomic E-state index is 11.7. The molecule has 0 unspecified atom stereocenters. The number of halogens is 2. The van der Waals surface area contributed by atoms with Crippen molar-refractivity contribution in [2.24, 2.45) is 0 Å². The van der Waals surface area contributed by atoms with E-state index in [2.05, 4.69) is 31.9 Å². The molecule has 9 heteroatoms. The summed E-state index contributed by atoms with van der Waals surface area (Å²) in [5, 5.41) is 0. The van der Waals surface area contributed by atoms with Crippen molar-refractivity contribution in [1.29, 1.82) is 0 Å². The lowest BCUT2D eigenvalue weighted by Gasteiger charge is -2.05. The molecular weight excluding hydrogens is 386 g/mol. The van der Waals surface area contributed by atoms with E-state index in [0.29, 0.717) is 10.4 Å². The summed E-state index contributed by atoms with van der Waals surface area (Å²) in [5.74, 6) is 0. The molecule has 0 aliphatic heterocycles. The summed E-state index contributed by atoms with van der Waals surface area (Å²) in [6.45, 7) is 0.468. The second kappa shape index (κ2) is 6.43. The van der Waals surface area contributed by atoms with Gasteiger partial charge in [0.05, 0.1) is 20.8 Å². The fourth-order valence-electron chi connectivity index (χ4n) is 0.798. The molecule has 1 rings (SSSR count). The van der Waals surface area contributed by atoms with Gasteiger partial charge in [0, 0.05) is 7.11 Å². The molecule has 0 aliphatic carbocycles. The van der Waals surface area contributed by atoms with Crippen molar-refractivity contribution in [2.45, 2.75) is 4.90 Å². The molecule has 0 atom stereocenters. The number of nitrogens with one attached hydrogen (secondary N) is 1. The summed E-state index contributed by atoms with van der Waals surface area (Å²) in [6.07, 6.45) is 0. The Kier molecular flexibility index (Phi) is 5.85. The van der Waals surface area contributed by atoms with E-state index < -0.39 is 10.0 Å². The third-order valence-corrected chi connectivity index (χ3v) is 5.44. The van der Waals surface area contributed by atoms with Gasteiger partial charge >= 0.3 is 0 Å². The molecule has 0 amide bonds. The topological polar surface area (TPSA) is 64.6 Å². The summed E-state index contributed by atoms with van der Waals surface area (Å²) in [4.78, 5) is 6.92. The minimum absolute atomic E-state index is 0.141. The molecule has 0 spiro atoms. The second-order valence-corrected chi connectivity index (χ2v) is 7.98. The maximum Gasteiger partial charge on any atom is 0.264 e. The van der Waals surface area contributed by atoms with Gasteiger partial charge in [-0.15, -0.1) is 11.3 Å². The Hall–Kier alpha value is 0.490. The Morgan fingerprint density at radius 1 is 1.44 bits per heavy atom. The van der Waals surface area contributed by atoms with Crippen LogP contribution in [0, 0.1) is 0 Å². The Labute approximate surface area is 114 Å². The molecule has 16 heavy (non-hydrogen) atoms. The van der Waals surface area contributed by atoms with Gasteiger partial charge in [-0.2, -0.15) is 0 Å². The van der Waals surface area contributed by atoms with Crippen molar-refractivity contribution in [3.63, 3.8) is 0 Å². The summed E-state index contributed by atoms with van der Waals surface area (Å²) in [7, 11) is -2.14. The molecule has 0 fully saturated rings. The van der Waals surface area contributed by atoms with Gasteiger partial charge in [0.1, 0.15) is 4.90 Å². The van der Waals surface area contributed by atoms with Gasteiger partial charge in [0.25, 0.3) is 10.0 Å². The lowest BCUT2D eigenvalue weighted by atomic mass is 10.7. The van der Waals surface area contributed by atoms with Crippen molar-refractivity contribution in [1.82, 2.24) is 4.89 Å². The Morgan fingerprint density at radius 3 is 2.62 bits per heavy atom. The van der Waals surface area contributed by atoms with Gasteiger partial charge in [-0.3, -0.25) is 4.84 Å². The van der Waals surface area contributed by atoms with Crippen LogP contribution >= 0.6 is 43.2 Å². The van der Waals surface area contributed by atoms with Crippen LogP contribution in [0.15, 0.2) is 18.5 Å². The molecule has 1 aromatic heterocycles. The van der Waals surface area contributed by atoms with Gasteiger partial charge in [0.15, 0.2) is 0 Å². The van der Waals surface area contributed by atoms with Gasteiger partial charge < -0.3 is 4.74 Å². The zero-order chi connectivity index (χ0) is 12.2. The van der Waals surface area contributed by atoms with Crippen LogP contribution in [0.1, 0.15) is 0 Å². The van der Waals surface area contributed by atoms with Crippen molar-refractivity contribution < 1.29 is 18.0 Å². The molecule has 5 nitrogen and oxygen atoms in total. The van der Waals surface area contributed by atoms with E-state index in [1.807, 2.05) is 4.89 Å². The first-order valence-electron chi connectivity index (χ1n) is 4.04. The number of rotatable bonds is 6. The van der Waals surface area contributed by atoms with E-state index in [1.165, 1.54) is 24.5 Å². The van der Waals surface area contributed by atoms with Crippen LogP contribution in [0.25, 0.3) is 0 Å². The summed E-state index contributed by atoms with van der Waals surface area (Å²) in [5.41, 5.74) is 0. The lowest BCUT2D eigenvalue weighted by molar-refractivity contribution is 0.0438. The van der Waals surface area contributed by atoms with Crippen molar-refractivity contribution in [2.75, 3.05) is 20.3 Å². The van der Waals surface area contributed by atoms with Crippen LogP contribution in [0.4, 0.5) is 0 Å². The Bertz CT molecular complexity index is 445. The van der Waals surface area contributed by atoms with Crippen LogP contribution in [0.2, 0.25) is 0 Å². The molecule has 0 aliphatic rings. The van der Waals surface area contributed by atoms with Gasteiger partial charge in [-0.25, -0.2) is 8.42 Å². The fraction of sp³-hybridized carbons (Fsp3) is 0.429. The van der Waals surface area contributed by atoms with Crippen molar-refractivity contribution in [3.05, 3.63) is 13.6 Å². The van der Waals surface area contributed by atoms with Crippen LogP contribution in [0.3, 0.4) is 0 Å². The highest BCUT2D eigenvalue weighted by atomic mass is 79.9. The molecule has 0 bridgehead atoms. The predicted octanol–water partition coefficient (Wildman–Crippen LogP) is 2.13. The molecule has 1 heterocycles. The molecule has 0 aromatic carbocycles. The second-order valence-electron chi connectivity index (χ2n) is 2.62. The standard InChI is InChI=1S/C7H9Br2NO4S2/c1-13-2-3-14-10-16(11,12)5-4-6(8)15-7(5)9/h4,10H,2-3H2,1H3. The molecule has 92 valence electrons. The van der Waals surface area contributed by atoms with E-state index >= 15 is 0 Å². The van der Waals surface area contributed by atoms with E-state index in [9.17, 15) is 8.42 Å². The summed E-state index contributed by atoms with van der Waals surface area (Å²) >= 11 is 7.64. The first kappa shape index (κ1) is 14.6. The number of hydrogen-bond donors (Lipinski definition) is 1. The first-order valence-corrected chi connectivity index (χ1v) is 7.93. The number of sulfonamides is 1. The smallest absolute Gasteiger partial charge is 0.264 e. The normalized spacial score (nSPS) is 11.9. The molecule has 0 radical (unpaired) electrons. The predicted molar refractivity (Wildman–Crippen MR) is 67.9 cm³/mol. The molecular formula is C7H9Br2NO4S2. The number of methoxy groups -OCH3 is 1.